The molecule has 1 fully saturated rings. The molecule has 1 atom stereocenters. The number of halogens is 4. The molecule has 1 aliphatic heterocycles. The number of rotatable bonds is 5. The Morgan fingerprint density at radius 2 is 2.06 bits per heavy atom. The minimum Gasteiger partial charge on any atom is -0.409 e. The molecule has 4 rings (SSSR count). The van der Waals surface area contributed by atoms with Crippen LogP contribution in [0.4, 0.5) is 24.8 Å². The van der Waals surface area contributed by atoms with Gasteiger partial charge in [0.25, 0.3) is 0 Å². The summed E-state index contributed by atoms with van der Waals surface area (Å²) in [7, 11) is 0. The summed E-state index contributed by atoms with van der Waals surface area (Å²) in [5.74, 6) is -2.80. The van der Waals surface area contributed by atoms with Crippen molar-refractivity contribution in [3.63, 3.8) is 0 Å². The van der Waals surface area contributed by atoms with Crippen LogP contribution in [0.1, 0.15) is 32.3 Å². The number of imidazole rings is 1. The highest BCUT2D eigenvalue weighted by Crippen LogP contribution is 2.27. The summed E-state index contributed by atoms with van der Waals surface area (Å²) < 4.78 is 42.4. The Balaban J connectivity index is 1.66. The highest BCUT2D eigenvalue weighted by Gasteiger charge is 2.24. The number of nitrogens with zero attached hydrogens (tertiary/aromatic N) is 3. The fourth-order valence-electron chi connectivity index (χ4n) is 4.00. The van der Waals surface area contributed by atoms with Gasteiger partial charge in [0.2, 0.25) is 5.95 Å². The number of hydrogen-bond acceptors (Lipinski definition) is 5. The first kappa shape index (κ1) is 23.2. The van der Waals surface area contributed by atoms with E-state index in [1.807, 2.05) is 0 Å². The molecule has 0 saturated carbocycles. The summed E-state index contributed by atoms with van der Waals surface area (Å²) >= 11 is 5.80. The minimum absolute atomic E-state index is 0.0415. The number of hydrogen-bond donors (Lipinski definition) is 4. The van der Waals surface area contributed by atoms with Crippen molar-refractivity contribution in [2.45, 2.75) is 38.8 Å². The molecule has 176 valence electrons. The van der Waals surface area contributed by atoms with E-state index < -0.39 is 17.5 Å². The standard InChI is InChI=1S/C22H24ClF3N6O/c1-11(2)32-7-3-4-13(10-32)28-22-29-19-14(9-17(25)18(26)20(19)30-22)21(31-33)27-12-5-6-16(24)15(23)8-12/h5-6,8-9,11,13,33H,3-4,7,10H2,1-2H3,(H,27,31)(H2,28,29,30). The van der Waals surface area contributed by atoms with E-state index in [1.54, 1.807) is 0 Å². The molecule has 1 aliphatic rings. The van der Waals surface area contributed by atoms with Crippen molar-refractivity contribution in [2.24, 2.45) is 5.16 Å². The molecule has 2 aromatic carbocycles. The summed E-state index contributed by atoms with van der Waals surface area (Å²) in [6, 6.07) is 5.16. The van der Waals surface area contributed by atoms with Crippen LogP contribution in [0.5, 0.6) is 0 Å². The van der Waals surface area contributed by atoms with E-state index in [9.17, 15) is 18.4 Å². The highest BCUT2D eigenvalue weighted by atomic mass is 35.5. The first-order valence-electron chi connectivity index (χ1n) is 10.6. The van der Waals surface area contributed by atoms with Crippen LogP contribution in [0.15, 0.2) is 29.4 Å². The maximum atomic E-state index is 14.6. The van der Waals surface area contributed by atoms with E-state index in [0.29, 0.717) is 11.7 Å². The van der Waals surface area contributed by atoms with Gasteiger partial charge >= 0.3 is 0 Å². The maximum Gasteiger partial charge on any atom is 0.201 e. The summed E-state index contributed by atoms with van der Waals surface area (Å²) in [6.07, 6.45) is 1.93. The molecular weight excluding hydrogens is 457 g/mol. The third kappa shape index (κ3) is 4.86. The molecule has 4 N–H and O–H groups in total. The van der Waals surface area contributed by atoms with Crippen LogP contribution in [0.25, 0.3) is 11.0 Å². The van der Waals surface area contributed by atoms with Gasteiger partial charge in [0.1, 0.15) is 11.3 Å². The summed E-state index contributed by atoms with van der Waals surface area (Å²) in [4.78, 5) is 9.53. The van der Waals surface area contributed by atoms with Gasteiger partial charge in [-0.15, -0.1) is 0 Å². The SMILES string of the molecule is CC(C)N1CCCC(Nc2nc3c(F)c(F)cc(/C(=N/O)Nc4ccc(F)c(Cl)c4)c3[nH]2)C1. The topological polar surface area (TPSA) is 88.6 Å². The zero-order chi connectivity index (χ0) is 23.7. The Kier molecular flexibility index (Phi) is 6.66. The van der Waals surface area contributed by atoms with Crippen molar-refractivity contribution in [3.8, 4) is 0 Å². The van der Waals surface area contributed by atoms with Crippen LogP contribution < -0.4 is 10.6 Å². The Hall–Kier alpha value is -2.98. The van der Waals surface area contributed by atoms with Crippen LogP contribution in [0.3, 0.4) is 0 Å². The molecular formula is C22H24ClF3N6O. The highest BCUT2D eigenvalue weighted by molar-refractivity contribution is 6.31. The predicted octanol–water partition coefficient (Wildman–Crippen LogP) is 5.17. The molecule has 0 radical (unpaired) electrons. The van der Waals surface area contributed by atoms with Crippen LogP contribution >= 0.6 is 11.6 Å². The zero-order valence-corrected chi connectivity index (χ0v) is 18.8. The van der Waals surface area contributed by atoms with Gasteiger partial charge in [-0.25, -0.2) is 18.2 Å². The first-order chi connectivity index (χ1) is 15.8. The molecule has 0 amide bonds. The molecule has 1 aromatic heterocycles. The second kappa shape index (κ2) is 9.48. The van der Waals surface area contributed by atoms with Gasteiger partial charge in [-0.3, -0.25) is 4.90 Å². The number of benzene rings is 2. The molecule has 2 heterocycles. The fraction of sp³-hybridized carbons (Fsp3) is 0.364. The Morgan fingerprint density at radius 3 is 2.76 bits per heavy atom. The zero-order valence-electron chi connectivity index (χ0n) is 18.1. The number of amidine groups is 1. The van der Waals surface area contributed by atoms with Gasteiger partial charge in [-0.05, 0) is 57.5 Å². The average molecular weight is 481 g/mol. The smallest absolute Gasteiger partial charge is 0.201 e. The van der Waals surface area contributed by atoms with Crippen LogP contribution in [0.2, 0.25) is 5.02 Å². The Bertz CT molecular complexity index is 1200. The predicted molar refractivity (Wildman–Crippen MR) is 123 cm³/mol. The number of fused-ring (bicyclic) bond motifs is 1. The number of likely N-dealkylation sites (tertiary alicyclic amines) is 1. The Labute approximate surface area is 193 Å². The number of aromatic amines is 1. The van der Waals surface area contributed by atoms with E-state index in [0.717, 1.165) is 38.1 Å². The number of nitrogens with one attached hydrogen (secondary N) is 3. The first-order valence-corrected chi connectivity index (χ1v) is 11.0. The maximum absolute atomic E-state index is 14.6. The van der Waals surface area contributed by atoms with Crippen LogP contribution in [-0.4, -0.2) is 51.1 Å². The van der Waals surface area contributed by atoms with E-state index in [2.05, 4.69) is 44.5 Å². The van der Waals surface area contributed by atoms with E-state index in [-0.39, 0.29) is 39.4 Å². The van der Waals surface area contributed by atoms with Gasteiger partial charge in [-0.1, -0.05) is 16.8 Å². The van der Waals surface area contributed by atoms with E-state index >= 15 is 0 Å². The van der Waals surface area contributed by atoms with Crippen molar-refractivity contribution in [1.82, 2.24) is 14.9 Å². The molecule has 0 bridgehead atoms. The molecule has 11 heteroatoms. The third-order valence-electron chi connectivity index (χ3n) is 5.72. The van der Waals surface area contributed by atoms with Gasteiger partial charge < -0.3 is 20.8 Å². The normalized spacial score (nSPS) is 17.7. The van der Waals surface area contributed by atoms with Gasteiger partial charge in [0.15, 0.2) is 17.5 Å². The number of anilines is 2. The minimum atomic E-state index is -1.15. The third-order valence-corrected chi connectivity index (χ3v) is 6.01. The van der Waals surface area contributed by atoms with Crippen LogP contribution in [0, 0.1) is 17.5 Å². The van der Waals surface area contributed by atoms with Crippen LogP contribution in [-0.2, 0) is 0 Å². The molecule has 3 aromatic rings. The van der Waals surface area contributed by atoms with Gasteiger partial charge in [0.05, 0.1) is 10.5 Å². The molecule has 1 saturated heterocycles. The molecule has 1 unspecified atom stereocenters. The molecule has 33 heavy (non-hydrogen) atoms. The second-order valence-corrected chi connectivity index (χ2v) is 8.71. The van der Waals surface area contributed by atoms with E-state index in [4.69, 9.17) is 11.6 Å². The van der Waals surface area contributed by atoms with E-state index in [1.165, 1.54) is 12.1 Å². The largest absolute Gasteiger partial charge is 0.409 e. The lowest BCUT2D eigenvalue weighted by molar-refractivity contribution is 0.174. The number of piperidine rings is 1. The van der Waals surface area contributed by atoms with Gasteiger partial charge in [-0.2, -0.15) is 0 Å². The summed E-state index contributed by atoms with van der Waals surface area (Å²) in [5, 5.41) is 18.6. The monoisotopic (exact) mass is 480 g/mol. The molecule has 0 aliphatic carbocycles. The number of H-pyrrole nitrogens is 1. The summed E-state index contributed by atoms with van der Waals surface area (Å²) in [5.41, 5.74) is 0.242. The number of oxime groups is 1. The lowest BCUT2D eigenvalue weighted by Gasteiger charge is -2.35. The molecule has 7 nitrogen and oxygen atoms in total. The van der Waals surface area contributed by atoms with Gasteiger partial charge in [0, 0.05) is 29.9 Å². The molecule has 0 spiro atoms. The quantitative estimate of drug-likeness (QED) is 0.175. The van der Waals surface area contributed by atoms with Crippen molar-refractivity contribution < 1.29 is 18.4 Å². The number of aromatic nitrogens is 2. The van der Waals surface area contributed by atoms with Crippen molar-refractivity contribution in [2.75, 3.05) is 23.7 Å². The van der Waals surface area contributed by atoms with Crippen molar-refractivity contribution in [3.05, 3.63) is 52.3 Å². The lowest BCUT2D eigenvalue weighted by atomic mass is 10.0. The average Bonchev–Trinajstić information content (AvgIpc) is 3.21. The Morgan fingerprint density at radius 1 is 1.27 bits per heavy atom. The lowest BCUT2D eigenvalue weighted by Crippen LogP contribution is -2.45. The summed E-state index contributed by atoms with van der Waals surface area (Å²) in [6.45, 7) is 6.07. The fourth-order valence-corrected chi connectivity index (χ4v) is 4.18. The van der Waals surface area contributed by atoms with Crippen molar-refractivity contribution >= 4 is 40.1 Å². The second-order valence-electron chi connectivity index (χ2n) is 8.30. The van der Waals surface area contributed by atoms with Crippen molar-refractivity contribution in [1.29, 1.82) is 0 Å².